The number of aromatic nitrogens is 3. The summed E-state index contributed by atoms with van der Waals surface area (Å²) in [5.41, 5.74) is 3.37. The fourth-order valence-corrected chi connectivity index (χ4v) is 5.18. The Hall–Kier alpha value is -4.16. The molecule has 5 rings (SSSR count). The highest BCUT2D eigenvalue weighted by Gasteiger charge is 2.22. The molecule has 3 aromatic heterocycles. The summed E-state index contributed by atoms with van der Waals surface area (Å²) < 4.78 is 45.1. The molecule has 0 aliphatic heterocycles. The molecule has 0 spiro atoms. The molecule has 1 N–H and O–H groups in total. The average Bonchev–Trinajstić information content (AvgIpc) is 3.25. The molecular formula is C29H26FN3O4S. The summed E-state index contributed by atoms with van der Waals surface area (Å²) in [4.78, 5) is 20.7. The Labute approximate surface area is 219 Å². The fourth-order valence-electron chi connectivity index (χ4n) is 4.73. The SMILES string of the molecule is C#Cc1ccc2c(c1)[nH]c1c2c(=O)c2cc(OCC(C)C)c(-c3cncc(S(=O)(=O)F)c3)cc2n1C(C)C. The number of nitrogens with zero attached hydrogens (tertiary/aromatic N) is 2. The van der Waals surface area contributed by atoms with Crippen LogP contribution in [-0.4, -0.2) is 29.6 Å². The molecule has 7 nitrogen and oxygen atoms in total. The second-order valence-corrected chi connectivity index (χ2v) is 11.3. The van der Waals surface area contributed by atoms with Crippen LogP contribution in [0.15, 0.2) is 58.5 Å². The van der Waals surface area contributed by atoms with Crippen LogP contribution in [0.1, 0.15) is 39.3 Å². The first-order chi connectivity index (χ1) is 18.0. The van der Waals surface area contributed by atoms with Crippen molar-refractivity contribution in [3.8, 4) is 29.2 Å². The Bertz CT molecular complexity index is 1950. The Morgan fingerprint density at radius 3 is 2.53 bits per heavy atom. The Balaban J connectivity index is 1.91. The van der Waals surface area contributed by atoms with E-state index in [2.05, 4.69) is 15.9 Å². The van der Waals surface area contributed by atoms with Crippen molar-refractivity contribution in [2.24, 2.45) is 5.92 Å². The van der Waals surface area contributed by atoms with E-state index in [1.165, 1.54) is 12.3 Å². The molecular weight excluding hydrogens is 505 g/mol. The van der Waals surface area contributed by atoms with Gasteiger partial charge < -0.3 is 14.3 Å². The van der Waals surface area contributed by atoms with Crippen LogP contribution in [0.4, 0.5) is 3.89 Å². The highest BCUT2D eigenvalue weighted by atomic mass is 32.3. The van der Waals surface area contributed by atoms with Crippen molar-refractivity contribution >= 4 is 43.1 Å². The zero-order valence-corrected chi connectivity index (χ0v) is 22.2. The molecule has 0 saturated heterocycles. The first-order valence-electron chi connectivity index (χ1n) is 12.2. The van der Waals surface area contributed by atoms with Crippen LogP contribution in [0.3, 0.4) is 0 Å². The molecule has 194 valence electrons. The lowest BCUT2D eigenvalue weighted by atomic mass is 10.0. The molecule has 5 aromatic rings. The number of benzene rings is 2. The minimum Gasteiger partial charge on any atom is -0.493 e. The van der Waals surface area contributed by atoms with E-state index in [9.17, 15) is 17.1 Å². The van der Waals surface area contributed by atoms with Gasteiger partial charge in [0.25, 0.3) is 0 Å². The van der Waals surface area contributed by atoms with Crippen LogP contribution in [-0.2, 0) is 10.2 Å². The van der Waals surface area contributed by atoms with Crippen molar-refractivity contribution in [3.05, 3.63) is 64.6 Å². The number of aromatic amines is 1. The van der Waals surface area contributed by atoms with Crippen LogP contribution >= 0.6 is 0 Å². The zero-order valence-electron chi connectivity index (χ0n) is 21.4. The van der Waals surface area contributed by atoms with Crippen LogP contribution < -0.4 is 10.2 Å². The maximum atomic E-state index is 13.9. The Morgan fingerprint density at radius 2 is 1.87 bits per heavy atom. The Morgan fingerprint density at radius 1 is 1.11 bits per heavy atom. The van der Waals surface area contributed by atoms with Gasteiger partial charge in [0, 0.05) is 46.0 Å². The standard InChI is InChI=1S/C29H26FN3O4S/c1-6-18-7-8-21-24(9-18)32-29-27(21)28(34)23-12-26(37-15-16(2)3)22(11-25(23)33(29)17(4)5)19-10-20(14-31-13-19)38(30,35)36/h1,7-14,16-17,32H,15H2,2-5H3. The summed E-state index contributed by atoms with van der Waals surface area (Å²) in [6, 6.07) is 10.1. The van der Waals surface area contributed by atoms with E-state index in [0.29, 0.717) is 51.0 Å². The second kappa shape index (κ2) is 9.30. The third kappa shape index (κ3) is 4.31. The van der Waals surface area contributed by atoms with E-state index in [4.69, 9.17) is 11.2 Å². The number of pyridine rings is 2. The van der Waals surface area contributed by atoms with E-state index in [-0.39, 0.29) is 17.4 Å². The highest BCUT2D eigenvalue weighted by molar-refractivity contribution is 7.86. The number of hydrogen-bond acceptors (Lipinski definition) is 5. The number of H-pyrrole nitrogens is 1. The topological polar surface area (TPSA) is 94.1 Å². The van der Waals surface area contributed by atoms with Gasteiger partial charge in [0.05, 0.1) is 22.9 Å². The molecule has 0 unspecified atom stereocenters. The largest absolute Gasteiger partial charge is 0.493 e. The van der Waals surface area contributed by atoms with Crippen molar-refractivity contribution in [2.75, 3.05) is 6.61 Å². The summed E-state index contributed by atoms with van der Waals surface area (Å²) in [5.74, 6) is 3.18. The van der Waals surface area contributed by atoms with E-state index in [0.717, 1.165) is 17.1 Å². The third-order valence-electron chi connectivity index (χ3n) is 6.41. The summed E-state index contributed by atoms with van der Waals surface area (Å²) in [6.07, 6.45) is 7.99. The number of halogens is 1. The summed E-state index contributed by atoms with van der Waals surface area (Å²) in [7, 11) is -4.97. The van der Waals surface area contributed by atoms with Crippen LogP contribution in [0.5, 0.6) is 5.75 Å². The van der Waals surface area contributed by atoms with Crippen molar-refractivity contribution in [1.82, 2.24) is 14.5 Å². The smallest absolute Gasteiger partial charge is 0.333 e. The molecule has 0 saturated carbocycles. The lowest BCUT2D eigenvalue weighted by Gasteiger charge is -2.20. The Kier molecular flexibility index (Phi) is 6.24. The first-order valence-corrected chi connectivity index (χ1v) is 13.5. The van der Waals surface area contributed by atoms with E-state index in [1.54, 1.807) is 18.2 Å². The highest BCUT2D eigenvalue weighted by Crippen LogP contribution is 2.37. The molecule has 0 radical (unpaired) electrons. The van der Waals surface area contributed by atoms with Crippen LogP contribution in [0.2, 0.25) is 0 Å². The molecule has 0 aliphatic carbocycles. The number of rotatable bonds is 6. The quantitative estimate of drug-likeness (QED) is 0.216. The number of terminal acetylenes is 1. The van der Waals surface area contributed by atoms with Gasteiger partial charge in [0.2, 0.25) is 0 Å². The average molecular weight is 532 g/mol. The van der Waals surface area contributed by atoms with Crippen molar-refractivity contribution < 1.29 is 17.0 Å². The minimum absolute atomic E-state index is 0.0632. The molecule has 0 atom stereocenters. The number of nitrogens with one attached hydrogen (secondary N) is 1. The van der Waals surface area contributed by atoms with Crippen LogP contribution in [0, 0.1) is 18.3 Å². The molecule has 2 aromatic carbocycles. The molecule has 0 aliphatic rings. The van der Waals surface area contributed by atoms with Crippen molar-refractivity contribution in [2.45, 2.75) is 38.6 Å². The van der Waals surface area contributed by atoms with Gasteiger partial charge in [-0.2, -0.15) is 8.42 Å². The summed E-state index contributed by atoms with van der Waals surface area (Å²) >= 11 is 0. The minimum atomic E-state index is -4.97. The monoisotopic (exact) mass is 531 g/mol. The zero-order chi connectivity index (χ0) is 27.4. The maximum Gasteiger partial charge on any atom is 0.333 e. The van der Waals surface area contributed by atoms with Gasteiger partial charge in [-0.15, -0.1) is 10.3 Å². The lowest BCUT2D eigenvalue weighted by Crippen LogP contribution is -2.14. The van der Waals surface area contributed by atoms with E-state index in [1.807, 2.05) is 44.4 Å². The molecule has 0 amide bonds. The lowest BCUT2D eigenvalue weighted by molar-refractivity contribution is 0.272. The molecule has 0 bridgehead atoms. The fraction of sp³-hybridized carbons (Fsp3) is 0.241. The van der Waals surface area contributed by atoms with E-state index >= 15 is 0 Å². The number of ether oxygens (including phenoxy) is 1. The molecule has 9 heteroatoms. The molecule has 0 fully saturated rings. The number of fused-ring (bicyclic) bond motifs is 4. The summed E-state index contributed by atoms with van der Waals surface area (Å²) in [5, 5.41) is 1.75. The molecule has 38 heavy (non-hydrogen) atoms. The predicted octanol–water partition coefficient (Wildman–Crippen LogP) is 5.95. The normalized spacial score (nSPS) is 12.2. The van der Waals surface area contributed by atoms with Crippen molar-refractivity contribution in [3.63, 3.8) is 0 Å². The molecule has 3 heterocycles. The predicted molar refractivity (Wildman–Crippen MR) is 148 cm³/mol. The second-order valence-electron chi connectivity index (χ2n) is 9.96. The maximum absolute atomic E-state index is 13.9. The number of hydrogen-bond donors (Lipinski definition) is 1. The van der Waals surface area contributed by atoms with Gasteiger partial charge in [-0.25, -0.2) is 0 Å². The van der Waals surface area contributed by atoms with E-state index < -0.39 is 15.1 Å². The van der Waals surface area contributed by atoms with Gasteiger partial charge in [-0.1, -0.05) is 25.8 Å². The van der Waals surface area contributed by atoms with Crippen LogP contribution in [0.25, 0.3) is 44.0 Å². The van der Waals surface area contributed by atoms with Gasteiger partial charge in [-0.3, -0.25) is 9.78 Å². The summed E-state index contributed by atoms with van der Waals surface area (Å²) in [6.45, 7) is 8.34. The van der Waals surface area contributed by atoms with Gasteiger partial charge in [-0.05, 0) is 50.1 Å². The van der Waals surface area contributed by atoms with Gasteiger partial charge >= 0.3 is 10.2 Å². The first kappa shape index (κ1) is 25.5. The van der Waals surface area contributed by atoms with Gasteiger partial charge in [0.15, 0.2) is 5.43 Å². The van der Waals surface area contributed by atoms with Crippen molar-refractivity contribution in [1.29, 1.82) is 0 Å². The van der Waals surface area contributed by atoms with Gasteiger partial charge in [0.1, 0.15) is 16.3 Å². The third-order valence-corrected chi connectivity index (χ3v) is 7.20.